The van der Waals surface area contributed by atoms with Gasteiger partial charge in [0.1, 0.15) is 0 Å². The number of rotatable bonds is 12. The minimum atomic E-state index is -2.01. The van der Waals surface area contributed by atoms with Gasteiger partial charge in [-0.15, -0.1) is 0 Å². The van der Waals surface area contributed by atoms with Gasteiger partial charge in [0.2, 0.25) is 0 Å². The Hall–Kier alpha value is -0.761. The molecule has 0 fully saturated rings. The molecule has 0 aliphatic heterocycles. The summed E-state index contributed by atoms with van der Waals surface area (Å²) in [6.45, 7) is 7.09. The zero-order valence-electron chi connectivity index (χ0n) is 17.3. The van der Waals surface area contributed by atoms with Crippen LogP contribution in [0.25, 0.3) is 16.8 Å². The molecular formula is C25H38Sn. The number of benzene rings is 2. The number of hydrogen-bond donors (Lipinski definition) is 0. The van der Waals surface area contributed by atoms with Crippen LogP contribution in [0, 0.1) is 0 Å². The molecule has 2 rings (SSSR count). The number of unbranched alkanes of at least 4 members (excludes halogenated alkanes) is 3. The molecule has 0 nitrogen and oxygen atoms in total. The molecule has 142 valence electrons. The zero-order valence-corrected chi connectivity index (χ0v) is 20.1. The fraction of sp³-hybridized carbons (Fsp3) is 0.520. The molecule has 0 spiro atoms. The van der Waals surface area contributed by atoms with E-state index in [2.05, 4.69) is 75.4 Å². The van der Waals surface area contributed by atoms with Crippen molar-refractivity contribution in [3.8, 4) is 0 Å². The molecule has 0 aliphatic carbocycles. The predicted octanol–water partition coefficient (Wildman–Crippen LogP) is 8.70. The molecule has 1 heteroatoms. The standard InChI is InChI=1S/C13H11.3C4H9.Sn/c1-2-5-11-8-9-12-6-3-4-7-13(12)10-11;3*1-3-4-2;/h2-10H,1H2;3*1,3-4H2,2H3;/b5-2+;;;;. The Morgan fingerprint density at radius 3 is 1.88 bits per heavy atom. The molecule has 0 atom stereocenters. The Kier molecular flexibility index (Phi) is 9.81. The van der Waals surface area contributed by atoms with Crippen molar-refractivity contribution < 1.29 is 0 Å². The molecule has 0 bridgehead atoms. The summed E-state index contributed by atoms with van der Waals surface area (Å²) in [7, 11) is 0. The third kappa shape index (κ3) is 6.76. The SMILES string of the molecule is CCC[CH2][Sn]([CH2]/C=C/c1ccc2ccccc2c1)([CH2]CCC)[CH2]CCC. The van der Waals surface area contributed by atoms with Gasteiger partial charge in [-0.3, -0.25) is 0 Å². The van der Waals surface area contributed by atoms with Crippen LogP contribution in [0.15, 0.2) is 48.5 Å². The van der Waals surface area contributed by atoms with Crippen molar-refractivity contribution in [1.82, 2.24) is 0 Å². The topological polar surface area (TPSA) is 0 Å². The molecule has 0 radical (unpaired) electrons. The minimum absolute atomic E-state index is 1.34. The van der Waals surface area contributed by atoms with Crippen molar-refractivity contribution in [2.24, 2.45) is 0 Å². The zero-order chi connectivity index (χ0) is 18.7. The van der Waals surface area contributed by atoms with Gasteiger partial charge >= 0.3 is 166 Å². The van der Waals surface area contributed by atoms with E-state index in [0.717, 1.165) is 0 Å². The van der Waals surface area contributed by atoms with E-state index in [-0.39, 0.29) is 0 Å². The molecule has 2 aromatic rings. The van der Waals surface area contributed by atoms with Crippen molar-refractivity contribution in [3.63, 3.8) is 0 Å². The van der Waals surface area contributed by atoms with E-state index in [1.165, 1.54) is 59.3 Å². The van der Waals surface area contributed by atoms with Gasteiger partial charge in [-0.1, -0.05) is 0 Å². The molecule has 0 heterocycles. The summed E-state index contributed by atoms with van der Waals surface area (Å²) in [6, 6.07) is 15.6. The van der Waals surface area contributed by atoms with Crippen molar-refractivity contribution in [1.29, 1.82) is 0 Å². The van der Waals surface area contributed by atoms with Crippen molar-refractivity contribution >= 4 is 35.2 Å². The normalized spacial score (nSPS) is 12.3. The first-order valence-corrected chi connectivity index (χ1v) is 19.0. The number of allylic oxidation sites excluding steroid dienone is 1. The van der Waals surface area contributed by atoms with Crippen LogP contribution in [-0.2, 0) is 0 Å². The molecule has 0 aromatic heterocycles. The molecule has 26 heavy (non-hydrogen) atoms. The van der Waals surface area contributed by atoms with E-state index >= 15 is 0 Å². The van der Waals surface area contributed by atoms with Gasteiger partial charge < -0.3 is 0 Å². The Morgan fingerprint density at radius 2 is 1.31 bits per heavy atom. The second-order valence-corrected chi connectivity index (χ2v) is 22.0. The Bertz CT molecular complexity index is 649. The molecule has 0 unspecified atom stereocenters. The van der Waals surface area contributed by atoms with Crippen molar-refractivity contribution in [2.75, 3.05) is 0 Å². The van der Waals surface area contributed by atoms with Crippen LogP contribution in [0.2, 0.25) is 17.7 Å². The average Bonchev–Trinajstić information content (AvgIpc) is 2.68. The molecule has 0 saturated heterocycles. The van der Waals surface area contributed by atoms with Crippen LogP contribution in [-0.4, -0.2) is 18.4 Å². The van der Waals surface area contributed by atoms with E-state index < -0.39 is 18.4 Å². The van der Waals surface area contributed by atoms with Crippen molar-refractivity contribution in [3.05, 3.63) is 54.1 Å². The van der Waals surface area contributed by atoms with E-state index in [0.29, 0.717) is 0 Å². The first-order chi connectivity index (χ1) is 12.7. The maximum atomic E-state index is 2.56. The summed E-state index contributed by atoms with van der Waals surface area (Å²) in [6.07, 6.45) is 13.5. The van der Waals surface area contributed by atoms with Gasteiger partial charge in [0, 0.05) is 0 Å². The molecule has 0 saturated carbocycles. The first-order valence-electron chi connectivity index (χ1n) is 10.9. The third-order valence-corrected chi connectivity index (χ3v) is 21.1. The summed E-state index contributed by atoms with van der Waals surface area (Å²) in [5.41, 5.74) is 1.37. The summed E-state index contributed by atoms with van der Waals surface area (Å²) in [5, 5.41) is 2.69. The maximum absolute atomic E-state index is 2.56. The monoisotopic (exact) mass is 458 g/mol. The van der Waals surface area contributed by atoms with E-state index in [1.54, 1.807) is 13.3 Å². The second kappa shape index (κ2) is 11.8. The summed E-state index contributed by atoms with van der Waals surface area (Å²) >= 11 is -2.01. The van der Waals surface area contributed by atoms with Crippen LogP contribution >= 0.6 is 0 Å². The molecule has 0 N–H and O–H groups in total. The fourth-order valence-corrected chi connectivity index (χ4v) is 19.2. The number of hydrogen-bond acceptors (Lipinski definition) is 0. The van der Waals surface area contributed by atoms with Gasteiger partial charge in [0.25, 0.3) is 0 Å². The summed E-state index contributed by atoms with van der Waals surface area (Å²) in [5.74, 6) is 0. The molecule has 0 aliphatic rings. The van der Waals surface area contributed by atoms with Crippen LogP contribution in [0.3, 0.4) is 0 Å². The quantitative estimate of drug-likeness (QED) is 0.280. The Morgan fingerprint density at radius 1 is 0.731 bits per heavy atom. The van der Waals surface area contributed by atoms with Gasteiger partial charge in [-0.2, -0.15) is 0 Å². The first kappa shape index (κ1) is 21.5. The van der Waals surface area contributed by atoms with Gasteiger partial charge in [0.05, 0.1) is 0 Å². The third-order valence-electron chi connectivity index (χ3n) is 5.82. The average molecular weight is 457 g/mol. The Labute approximate surface area is 166 Å². The van der Waals surface area contributed by atoms with E-state index in [4.69, 9.17) is 0 Å². The van der Waals surface area contributed by atoms with Gasteiger partial charge in [-0.05, 0) is 0 Å². The molecule has 0 amide bonds. The van der Waals surface area contributed by atoms with E-state index in [9.17, 15) is 0 Å². The summed E-state index contributed by atoms with van der Waals surface area (Å²) in [4.78, 5) is 0. The van der Waals surface area contributed by atoms with Crippen LogP contribution in [0.4, 0.5) is 0 Å². The summed E-state index contributed by atoms with van der Waals surface area (Å²) < 4.78 is 6.26. The van der Waals surface area contributed by atoms with Gasteiger partial charge in [-0.25, -0.2) is 0 Å². The predicted molar refractivity (Wildman–Crippen MR) is 123 cm³/mol. The molecular weight excluding hydrogens is 419 g/mol. The molecule has 2 aromatic carbocycles. The van der Waals surface area contributed by atoms with Crippen molar-refractivity contribution in [2.45, 2.75) is 77.0 Å². The van der Waals surface area contributed by atoms with Crippen LogP contribution < -0.4 is 0 Å². The van der Waals surface area contributed by atoms with E-state index in [1.807, 2.05) is 0 Å². The fourth-order valence-electron chi connectivity index (χ4n) is 4.09. The number of fused-ring (bicyclic) bond motifs is 1. The van der Waals surface area contributed by atoms with Gasteiger partial charge in [0.15, 0.2) is 0 Å². The van der Waals surface area contributed by atoms with Crippen LogP contribution in [0.1, 0.15) is 64.9 Å². The Balaban J connectivity index is 2.11. The van der Waals surface area contributed by atoms with Crippen LogP contribution in [0.5, 0.6) is 0 Å². The second-order valence-electron chi connectivity index (χ2n) is 8.02.